The molecule has 0 saturated carbocycles. The molecule has 0 atom stereocenters. The van der Waals surface area contributed by atoms with Gasteiger partial charge in [0.05, 0.1) is 7.05 Å². The minimum Gasteiger partial charge on any atom is -0.741 e. The second kappa shape index (κ2) is 7.02. The fraction of sp³-hybridized carbons (Fsp3) is 0.286. The van der Waals surface area contributed by atoms with Crippen molar-refractivity contribution in [2.45, 2.75) is 19.4 Å². The van der Waals surface area contributed by atoms with Crippen LogP contribution in [0.4, 0.5) is 13.2 Å². The second-order valence-electron chi connectivity index (χ2n) is 5.01. The molecule has 24 heavy (non-hydrogen) atoms. The lowest BCUT2D eigenvalue weighted by Crippen LogP contribution is -2.28. The molecule has 0 aliphatic heterocycles. The average Bonchev–Trinajstić information content (AvgIpc) is 2.77. The number of hydrogen-bond donors (Lipinski definition) is 0. The van der Waals surface area contributed by atoms with Gasteiger partial charge in [-0.25, -0.2) is 17.6 Å². The van der Waals surface area contributed by atoms with Crippen molar-refractivity contribution in [3.63, 3.8) is 0 Å². The van der Waals surface area contributed by atoms with E-state index in [1.165, 1.54) is 11.1 Å². The number of aromatic nitrogens is 2. The summed E-state index contributed by atoms with van der Waals surface area (Å²) >= 11 is 0. The van der Waals surface area contributed by atoms with Gasteiger partial charge in [0, 0.05) is 0 Å². The Morgan fingerprint density at radius 2 is 1.67 bits per heavy atom. The van der Waals surface area contributed by atoms with Crippen LogP contribution in [0.1, 0.15) is 16.8 Å². The zero-order valence-corrected chi connectivity index (χ0v) is 13.8. The van der Waals surface area contributed by atoms with E-state index in [4.69, 9.17) is 18.2 Å². The van der Waals surface area contributed by atoms with E-state index in [9.17, 15) is 13.2 Å². The number of halogens is 3. The van der Waals surface area contributed by atoms with Crippen molar-refractivity contribution >= 4 is 10.1 Å². The summed E-state index contributed by atoms with van der Waals surface area (Å²) in [5.74, 6) is 0. The van der Waals surface area contributed by atoms with Crippen LogP contribution in [-0.2, 0) is 17.2 Å². The topological polar surface area (TPSA) is 89.8 Å². The summed E-state index contributed by atoms with van der Waals surface area (Å²) in [7, 11) is -4.22. The number of nitrogens with zero attached hydrogens (tertiary/aromatic N) is 3. The van der Waals surface area contributed by atoms with E-state index in [1.807, 2.05) is 28.7 Å². The number of imidazole rings is 1. The van der Waals surface area contributed by atoms with E-state index in [-0.39, 0.29) is 0 Å². The molecule has 2 aromatic rings. The number of rotatable bonds is 1. The Morgan fingerprint density at radius 3 is 2.00 bits per heavy atom. The molecule has 0 fully saturated rings. The zero-order chi connectivity index (χ0) is 18.7. The van der Waals surface area contributed by atoms with Crippen LogP contribution < -0.4 is 4.57 Å². The van der Waals surface area contributed by atoms with Crippen molar-refractivity contribution in [2.24, 2.45) is 7.05 Å². The first-order chi connectivity index (χ1) is 10.8. The number of hydrogen-bond acceptors (Lipinski definition) is 4. The maximum atomic E-state index is 10.7. The van der Waals surface area contributed by atoms with Gasteiger partial charge in [-0.15, -0.1) is 0 Å². The van der Waals surface area contributed by atoms with Gasteiger partial charge < -0.3 is 4.55 Å². The summed E-state index contributed by atoms with van der Waals surface area (Å²) in [6.45, 7) is 4.15. The standard InChI is InChI=1S/C13H14N3.CHF3O3S/c1-10-4-11(2)6-12(5-10)16-8-13(7-14)15(3)9-16;2-1(3,4)8(5,6)7/h4-6,8-9H,1-3H3;(H,5,6,7)/q+1;/p-1. The fourth-order valence-electron chi connectivity index (χ4n) is 1.85. The van der Waals surface area contributed by atoms with Gasteiger partial charge in [0.1, 0.15) is 11.8 Å². The van der Waals surface area contributed by atoms with E-state index in [0.29, 0.717) is 5.69 Å². The molecule has 0 spiro atoms. The van der Waals surface area contributed by atoms with Gasteiger partial charge >= 0.3 is 5.51 Å². The Morgan fingerprint density at radius 1 is 1.21 bits per heavy atom. The van der Waals surface area contributed by atoms with E-state index in [1.54, 1.807) is 0 Å². The number of alkyl halides is 3. The summed E-state index contributed by atoms with van der Waals surface area (Å²) < 4.78 is 62.7. The number of aryl methyl sites for hydroxylation is 3. The van der Waals surface area contributed by atoms with Crippen LogP contribution in [0.15, 0.2) is 30.7 Å². The van der Waals surface area contributed by atoms with E-state index >= 15 is 0 Å². The second-order valence-corrected chi connectivity index (χ2v) is 6.38. The Bertz CT molecular complexity index is 861. The summed E-state index contributed by atoms with van der Waals surface area (Å²) in [6, 6.07) is 8.50. The summed E-state index contributed by atoms with van der Waals surface area (Å²) in [5, 5.41) is 8.90. The van der Waals surface area contributed by atoms with Crippen molar-refractivity contribution in [3.05, 3.63) is 47.5 Å². The lowest BCUT2D eigenvalue weighted by Gasteiger charge is -2.08. The lowest BCUT2D eigenvalue weighted by atomic mass is 10.1. The Balaban J connectivity index is 0.000000307. The Hall–Kier alpha value is -2.38. The quantitative estimate of drug-likeness (QED) is 0.440. The predicted molar refractivity (Wildman–Crippen MR) is 76.9 cm³/mol. The third-order valence-electron chi connectivity index (χ3n) is 2.84. The highest BCUT2D eigenvalue weighted by atomic mass is 32.2. The van der Waals surface area contributed by atoms with Gasteiger partial charge in [-0.1, -0.05) is 6.07 Å². The molecule has 6 nitrogen and oxygen atoms in total. The molecule has 0 saturated heterocycles. The van der Waals surface area contributed by atoms with Crippen LogP contribution in [0.5, 0.6) is 0 Å². The van der Waals surface area contributed by atoms with Gasteiger partial charge in [-0.05, 0) is 37.1 Å². The maximum Gasteiger partial charge on any atom is 0.485 e. The van der Waals surface area contributed by atoms with E-state index in [2.05, 4.69) is 38.1 Å². The third kappa shape index (κ3) is 5.07. The highest BCUT2D eigenvalue weighted by molar-refractivity contribution is 7.86. The van der Waals surface area contributed by atoms with Crippen molar-refractivity contribution < 1.29 is 30.7 Å². The van der Waals surface area contributed by atoms with Crippen LogP contribution in [0, 0.1) is 25.2 Å². The first kappa shape index (κ1) is 19.7. The smallest absolute Gasteiger partial charge is 0.485 e. The zero-order valence-electron chi connectivity index (χ0n) is 13.0. The molecular weight excluding hydrogens is 347 g/mol. The minimum atomic E-state index is -6.09. The normalized spacial score (nSPS) is 11.4. The number of benzene rings is 1. The molecule has 0 radical (unpaired) electrons. The van der Waals surface area contributed by atoms with Crippen molar-refractivity contribution in [1.29, 1.82) is 5.26 Å². The molecule has 0 unspecified atom stereocenters. The molecule has 0 aliphatic rings. The molecule has 10 heteroatoms. The number of nitriles is 1. The Kier molecular flexibility index (Phi) is 5.75. The van der Waals surface area contributed by atoms with Crippen LogP contribution in [-0.4, -0.2) is 23.0 Å². The maximum absolute atomic E-state index is 10.7. The van der Waals surface area contributed by atoms with Gasteiger partial charge in [0.2, 0.25) is 12.0 Å². The van der Waals surface area contributed by atoms with E-state index < -0.39 is 15.6 Å². The third-order valence-corrected chi connectivity index (χ3v) is 3.41. The average molecular weight is 361 g/mol. The Labute approximate surface area is 137 Å². The van der Waals surface area contributed by atoms with E-state index in [0.717, 1.165) is 5.69 Å². The molecule has 0 bridgehead atoms. The largest absolute Gasteiger partial charge is 0.741 e. The van der Waals surface area contributed by atoms with Gasteiger partial charge in [0.15, 0.2) is 16.3 Å². The van der Waals surface area contributed by atoms with Gasteiger partial charge in [-0.3, -0.25) is 0 Å². The summed E-state index contributed by atoms with van der Waals surface area (Å²) in [5.41, 5.74) is -1.45. The van der Waals surface area contributed by atoms with Crippen LogP contribution >= 0.6 is 0 Å². The van der Waals surface area contributed by atoms with Crippen LogP contribution in [0.25, 0.3) is 5.69 Å². The predicted octanol–water partition coefficient (Wildman–Crippen LogP) is 1.84. The summed E-state index contributed by atoms with van der Waals surface area (Å²) in [6.07, 6.45) is 3.75. The molecule has 0 N–H and O–H groups in total. The molecule has 0 amide bonds. The molecule has 1 aromatic heterocycles. The molecular formula is C14H14F3N3O3S. The minimum absolute atomic E-state index is 0.652. The molecule has 1 aromatic carbocycles. The fourth-order valence-corrected chi connectivity index (χ4v) is 1.85. The van der Waals surface area contributed by atoms with Crippen molar-refractivity contribution in [2.75, 3.05) is 0 Å². The van der Waals surface area contributed by atoms with Crippen LogP contribution in [0.2, 0.25) is 0 Å². The highest BCUT2D eigenvalue weighted by Gasteiger charge is 2.36. The van der Waals surface area contributed by atoms with Crippen molar-refractivity contribution in [3.8, 4) is 11.8 Å². The molecule has 130 valence electrons. The van der Waals surface area contributed by atoms with Gasteiger partial charge in [-0.2, -0.15) is 18.4 Å². The molecule has 2 rings (SSSR count). The first-order valence-electron chi connectivity index (χ1n) is 6.43. The lowest BCUT2D eigenvalue weighted by molar-refractivity contribution is -0.673. The SMILES string of the molecule is Cc1cc(C)cc(-n2cc(C#N)[n+](C)c2)c1.O=S(=O)([O-])C(F)(F)F. The molecule has 0 aliphatic carbocycles. The summed E-state index contributed by atoms with van der Waals surface area (Å²) in [4.78, 5) is 0. The van der Waals surface area contributed by atoms with Crippen LogP contribution in [0.3, 0.4) is 0 Å². The first-order valence-corrected chi connectivity index (χ1v) is 7.84. The van der Waals surface area contributed by atoms with Gasteiger partial charge in [0.25, 0.3) is 0 Å². The highest BCUT2D eigenvalue weighted by Crippen LogP contribution is 2.20. The molecule has 1 heterocycles. The monoisotopic (exact) mass is 361 g/mol. The van der Waals surface area contributed by atoms with Crippen molar-refractivity contribution in [1.82, 2.24) is 4.57 Å².